The SMILES string of the molecule is COc1ccc(CN2C[C@H](O)C[C@@H]2c2ccc(F)c(F)c2)cn1. The second-order valence-electron chi connectivity index (χ2n) is 5.72. The molecular formula is C17H18F2N2O2. The summed E-state index contributed by atoms with van der Waals surface area (Å²) in [5.41, 5.74) is 1.63. The lowest BCUT2D eigenvalue weighted by Gasteiger charge is -2.24. The molecule has 0 aliphatic carbocycles. The number of nitrogens with zero attached hydrogens (tertiary/aromatic N) is 2. The Morgan fingerprint density at radius 3 is 2.74 bits per heavy atom. The molecule has 1 aromatic carbocycles. The minimum absolute atomic E-state index is 0.151. The molecule has 1 fully saturated rings. The van der Waals surface area contributed by atoms with Gasteiger partial charge in [-0.3, -0.25) is 4.90 Å². The van der Waals surface area contributed by atoms with Gasteiger partial charge in [0, 0.05) is 31.4 Å². The summed E-state index contributed by atoms with van der Waals surface area (Å²) in [6.07, 6.45) is 1.72. The Hall–Kier alpha value is -2.05. The van der Waals surface area contributed by atoms with E-state index in [1.165, 1.54) is 6.07 Å². The van der Waals surface area contributed by atoms with Crippen molar-refractivity contribution in [3.63, 3.8) is 0 Å². The van der Waals surface area contributed by atoms with Crippen LogP contribution in [0.3, 0.4) is 0 Å². The number of β-amino-alcohol motifs (C(OH)–C–C–N with tert-alkyl or cyclic N) is 1. The van der Waals surface area contributed by atoms with Crippen molar-refractivity contribution in [1.29, 1.82) is 0 Å². The number of likely N-dealkylation sites (tertiary alicyclic amines) is 1. The molecule has 4 nitrogen and oxygen atoms in total. The largest absolute Gasteiger partial charge is 0.481 e. The summed E-state index contributed by atoms with van der Waals surface area (Å²) in [6, 6.07) is 7.43. The molecular weight excluding hydrogens is 302 g/mol. The van der Waals surface area contributed by atoms with Crippen molar-refractivity contribution in [2.45, 2.75) is 25.1 Å². The van der Waals surface area contributed by atoms with Crippen molar-refractivity contribution >= 4 is 0 Å². The van der Waals surface area contributed by atoms with E-state index in [1.807, 2.05) is 11.0 Å². The number of aromatic nitrogens is 1. The Labute approximate surface area is 133 Å². The Morgan fingerprint density at radius 2 is 2.09 bits per heavy atom. The lowest BCUT2D eigenvalue weighted by atomic mass is 10.0. The number of benzene rings is 1. The molecule has 1 aromatic heterocycles. The van der Waals surface area contributed by atoms with E-state index in [2.05, 4.69) is 4.98 Å². The summed E-state index contributed by atoms with van der Waals surface area (Å²) in [6.45, 7) is 1.05. The molecule has 6 heteroatoms. The van der Waals surface area contributed by atoms with Gasteiger partial charge in [0.2, 0.25) is 5.88 Å². The van der Waals surface area contributed by atoms with Crippen LogP contribution in [0.15, 0.2) is 36.5 Å². The number of pyridine rings is 1. The van der Waals surface area contributed by atoms with E-state index < -0.39 is 17.7 Å². The van der Waals surface area contributed by atoms with Gasteiger partial charge in [-0.1, -0.05) is 12.1 Å². The van der Waals surface area contributed by atoms with Gasteiger partial charge in [-0.15, -0.1) is 0 Å². The van der Waals surface area contributed by atoms with E-state index in [0.29, 0.717) is 31.0 Å². The van der Waals surface area contributed by atoms with Gasteiger partial charge in [0.05, 0.1) is 13.2 Å². The molecule has 0 amide bonds. The molecule has 122 valence electrons. The van der Waals surface area contributed by atoms with Crippen molar-refractivity contribution < 1.29 is 18.6 Å². The number of rotatable bonds is 4. The highest BCUT2D eigenvalue weighted by Gasteiger charge is 2.32. The summed E-state index contributed by atoms with van der Waals surface area (Å²) < 4.78 is 31.6. The Kier molecular flexibility index (Phi) is 4.54. The van der Waals surface area contributed by atoms with Gasteiger partial charge in [-0.25, -0.2) is 13.8 Å². The van der Waals surface area contributed by atoms with E-state index >= 15 is 0 Å². The van der Waals surface area contributed by atoms with Crippen LogP contribution in [0.1, 0.15) is 23.6 Å². The number of hydrogen-bond acceptors (Lipinski definition) is 4. The molecule has 2 aromatic rings. The summed E-state index contributed by atoms with van der Waals surface area (Å²) in [5, 5.41) is 9.97. The quantitative estimate of drug-likeness (QED) is 0.941. The van der Waals surface area contributed by atoms with Crippen LogP contribution in [0.5, 0.6) is 5.88 Å². The van der Waals surface area contributed by atoms with Crippen LogP contribution in [0, 0.1) is 11.6 Å². The van der Waals surface area contributed by atoms with Gasteiger partial charge in [0.1, 0.15) is 0 Å². The average molecular weight is 320 g/mol. The van der Waals surface area contributed by atoms with Gasteiger partial charge in [-0.2, -0.15) is 0 Å². The smallest absolute Gasteiger partial charge is 0.212 e. The zero-order valence-electron chi connectivity index (χ0n) is 12.7. The third-order valence-corrected chi connectivity index (χ3v) is 4.10. The lowest BCUT2D eigenvalue weighted by Crippen LogP contribution is -2.24. The number of ether oxygens (including phenoxy) is 1. The predicted octanol–water partition coefficient (Wildman–Crippen LogP) is 2.68. The van der Waals surface area contributed by atoms with Crippen LogP contribution in [0.2, 0.25) is 0 Å². The van der Waals surface area contributed by atoms with Crippen LogP contribution >= 0.6 is 0 Å². The third kappa shape index (κ3) is 3.48. The van der Waals surface area contributed by atoms with Crippen LogP contribution in [-0.2, 0) is 6.54 Å². The topological polar surface area (TPSA) is 45.6 Å². The summed E-state index contributed by atoms with van der Waals surface area (Å²) in [7, 11) is 1.55. The maximum Gasteiger partial charge on any atom is 0.212 e. The molecule has 2 heterocycles. The highest BCUT2D eigenvalue weighted by atomic mass is 19.2. The second-order valence-corrected chi connectivity index (χ2v) is 5.72. The Bertz CT molecular complexity index is 679. The minimum atomic E-state index is -0.866. The number of methoxy groups -OCH3 is 1. The van der Waals surface area contributed by atoms with Gasteiger partial charge < -0.3 is 9.84 Å². The normalized spacial score (nSPS) is 21.6. The molecule has 1 saturated heterocycles. The predicted molar refractivity (Wildman–Crippen MR) is 80.9 cm³/mol. The first-order valence-electron chi connectivity index (χ1n) is 7.43. The average Bonchev–Trinajstić information content (AvgIpc) is 2.91. The molecule has 0 unspecified atom stereocenters. The zero-order chi connectivity index (χ0) is 16.4. The highest BCUT2D eigenvalue weighted by Crippen LogP contribution is 2.34. The van der Waals surface area contributed by atoms with E-state index in [4.69, 9.17) is 4.74 Å². The number of aliphatic hydroxyl groups excluding tert-OH is 1. The fourth-order valence-corrected chi connectivity index (χ4v) is 2.98. The van der Waals surface area contributed by atoms with E-state index in [9.17, 15) is 13.9 Å². The first-order chi connectivity index (χ1) is 11.1. The standard InChI is InChI=1S/C17H18F2N2O2/c1-23-17-5-2-11(8-20-17)9-21-10-13(22)7-16(21)12-3-4-14(18)15(19)6-12/h2-6,8,13,16,22H,7,9-10H2,1H3/t13-,16-/m1/s1. The van der Waals surface area contributed by atoms with Crippen molar-refractivity contribution in [1.82, 2.24) is 9.88 Å². The van der Waals surface area contributed by atoms with Crippen molar-refractivity contribution in [3.8, 4) is 5.88 Å². The fraction of sp³-hybridized carbons (Fsp3) is 0.353. The Morgan fingerprint density at radius 1 is 1.26 bits per heavy atom. The molecule has 3 rings (SSSR count). The van der Waals surface area contributed by atoms with Crippen molar-refractivity contribution in [3.05, 3.63) is 59.3 Å². The van der Waals surface area contributed by atoms with Crippen LogP contribution in [-0.4, -0.2) is 34.7 Å². The van der Waals surface area contributed by atoms with E-state index in [1.54, 1.807) is 25.4 Å². The summed E-state index contributed by atoms with van der Waals surface area (Å²) in [5.74, 6) is -1.19. The van der Waals surface area contributed by atoms with Gasteiger partial charge in [-0.05, 0) is 29.7 Å². The number of hydrogen-bond donors (Lipinski definition) is 1. The van der Waals surface area contributed by atoms with Crippen molar-refractivity contribution in [2.24, 2.45) is 0 Å². The van der Waals surface area contributed by atoms with Gasteiger partial charge in [0.15, 0.2) is 11.6 Å². The maximum absolute atomic E-state index is 13.5. The molecule has 0 saturated carbocycles. The van der Waals surface area contributed by atoms with Crippen LogP contribution in [0.25, 0.3) is 0 Å². The molecule has 2 atom stereocenters. The van der Waals surface area contributed by atoms with Crippen LogP contribution < -0.4 is 4.74 Å². The van der Waals surface area contributed by atoms with Crippen LogP contribution in [0.4, 0.5) is 8.78 Å². The molecule has 23 heavy (non-hydrogen) atoms. The highest BCUT2D eigenvalue weighted by molar-refractivity contribution is 5.24. The Balaban J connectivity index is 1.79. The molecule has 1 aliphatic rings. The number of halogens is 2. The summed E-state index contributed by atoms with van der Waals surface area (Å²) in [4.78, 5) is 6.20. The first-order valence-corrected chi connectivity index (χ1v) is 7.43. The second kappa shape index (κ2) is 6.60. The monoisotopic (exact) mass is 320 g/mol. The molecule has 0 spiro atoms. The third-order valence-electron chi connectivity index (χ3n) is 4.10. The van der Waals surface area contributed by atoms with Gasteiger partial charge >= 0.3 is 0 Å². The minimum Gasteiger partial charge on any atom is -0.481 e. The molecule has 0 radical (unpaired) electrons. The molecule has 1 N–H and O–H groups in total. The number of aliphatic hydroxyl groups is 1. The maximum atomic E-state index is 13.5. The molecule has 1 aliphatic heterocycles. The first kappa shape index (κ1) is 15.8. The van der Waals surface area contributed by atoms with Gasteiger partial charge in [0.25, 0.3) is 0 Å². The van der Waals surface area contributed by atoms with E-state index in [0.717, 1.165) is 11.6 Å². The lowest BCUT2D eigenvalue weighted by molar-refractivity contribution is 0.172. The fourth-order valence-electron chi connectivity index (χ4n) is 2.98. The molecule has 0 bridgehead atoms. The van der Waals surface area contributed by atoms with Crippen molar-refractivity contribution in [2.75, 3.05) is 13.7 Å². The van der Waals surface area contributed by atoms with E-state index in [-0.39, 0.29) is 6.04 Å². The zero-order valence-corrected chi connectivity index (χ0v) is 12.7. The summed E-state index contributed by atoms with van der Waals surface area (Å²) >= 11 is 0.